The predicted molar refractivity (Wildman–Crippen MR) is 114 cm³/mol. The molecule has 0 aromatic heterocycles. The van der Waals surface area contributed by atoms with Crippen LogP contribution in [0.25, 0.3) is 6.08 Å². The van der Waals surface area contributed by atoms with Crippen molar-refractivity contribution in [2.75, 3.05) is 7.11 Å². The third-order valence-corrected chi connectivity index (χ3v) is 5.41. The van der Waals surface area contributed by atoms with Crippen LogP contribution < -0.4 is 14.8 Å². The van der Waals surface area contributed by atoms with Crippen LogP contribution in [0.2, 0.25) is 0 Å². The van der Waals surface area contributed by atoms with Gasteiger partial charge in [-0.2, -0.15) is 0 Å². The van der Waals surface area contributed by atoms with Gasteiger partial charge in [-0.05, 0) is 54.3 Å². The van der Waals surface area contributed by atoms with Gasteiger partial charge in [-0.3, -0.25) is 4.79 Å². The Morgan fingerprint density at radius 2 is 1.75 bits per heavy atom. The van der Waals surface area contributed by atoms with E-state index in [-0.39, 0.29) is 6.61 Å². The van der Waals surface area contributed by atoms with Crippen molar-refractivity contribution in [3.8, 4) is 11.5 Å². The van der Waals surface area contributed by atoms with Crippen LogP contribution in [0.15, 0.2) is 42.5 Å². The van der Waals surface area contributed by atoms with Crippen LogP contribution in [0.4, 0.5) is 8.78 Å². The van der Waals surface area contributed by atoms with Gasteiger partial charge in [0.05, 0.1) is 7.11 Å². The van der Waals surface area contributed by atoms with Gasteiger partial charge in [0, 0.05) is 12.1 Å². The van der Waals surface area contributed by atoms with Crippen LogP contribution in [0, 0.1) is 11.6 Å². The molecular weight excluding hydrogens is 420 g/mol. The summed E-state index contributed by atoms with van der Waals surface area (Å²) in [5.74, 6) is -2.13. The summed E-state index contributed by atoms with van der Waals surface area (Å²) < 4.78 is 37.6. The molecule has 6 nitrogen and oxygen atoms in total. The van der Waals surface area contributed by atoms with E-state index in [0.29, 0.717) is 35.5 Å². The molecule has 0 spiro atoms. The van der Waals surface area contributed by atoms with Crippen molar-refractivity contribution in [2.45, 2.75) is 44.2 Å². The maximum Gasteiger partial charge on any atom is 0.329 e. The first-order valence-corrected chi connectivity index (χ1v) is 10.3. The quantitative estimate of drug-likeness (QED) is 0.586. The highest BCUT2D eigenvalue weighted by Gasteiger charge is 2.40. The van der Waals surface area contributed by atoms with E-state index < -0.39 is 29.0 Å². The number of nitrogens with one attached hydrogen (secondary N) is 1. The number of carbonyl (C=O) groups is 2. The number of carbonyl (C=O) groups excluding carboxylic acids is 1. The average Bonchev–Trinajstić information content (AvgIpc) is 2.76. The van der Waals surface area contributed by atoms with E-state index in [1.807, 2.05) is 0 Å². The zero-order valence-corrected chi connectivity index (χ0v) is 17.7. The lowest BCUT2D eigenvalue weighted by Crippen LogP contribution is -2.55. The zero-order chi connectivity index (χ0) is 23.1. The molecule has 0 aliphatic heterocycles. The normalized spacial score (nSPS) is 15.3. The van der Waals surface area contributed by atoms with Gasteiger partial charge in [0.25, 0.3) is 0 Å². The van der Waals surface area contributed by atoms with Crippen molar-refractivity contribution < 1.29 is 33.0 Å². The van der Waals surface area contributed by atoms with Crippen LogP contribution in [0.1, 0.15) is 43.2 Å². The van der Waals surface area contributed by atoms with Crippen molar-refractivity contribution >= 4 is 18.0 Å². The largest absolute Gasteiger partial charge is 0.493 e. The Kier molecular flexibility index (Phi) is 7.45. The summed E-state index contributed by atoms with van der Waals surface area (Å²) in [4.78, 5) is 24.0. The van der Waals surface area contributed by atoms with Crippen molar-refractivity contribution in [1.82, 2.24) is 5.32 Å². The molecule has 2 aromatic rings. The standard InChI is InChI=1S/C24H25F2NO5/c1-31-21-13-16(5-7-20(21)32-15-17-11-18(25)14-19(26)12-17)6-8-22(28)27-24(23(29)30)9-3-2-4-10-24/h5-8,11-14H,2-4,9-10,15H2,1H3,(H,27,28)(H,29,30)/b8-6+. The van der Waals surface area contributed by atoms with Gasteiger partial charge in [0.2, 0.25) is 5.91 Å². The maximum atomic E-state index is 13.3. The smallest absolute Gasteiger partial charge is 0.329 e. The Bertz CT molecular complexity index is 995. The number of rotatable bonds is 8. The highest BCUT2D eigenvalue weighted by Crippen LogP contribution is 2.30. The van der Waals surface area contributed by atoms with Crippen molar-refractivity contribution in [3.05, 3.63) is 65.2 Å². The van der Waals surface area contributed by atoms with E-state index in [9.17, 15) is 23.5 Å². The fraction of sp³-hybridized carbons (Fsp3) is 0.333. The predicted octanol–water partition coefficient (Wildman–Crippen LogP) is 4.47. The molecule has 2 aromatic carbocycles. The number of benzene rings is 2. The third kappa shape index (κ3) is 5.84. The number of carboxylic acid groups (broad SMARTS) is 1. The van der Waals surface area contributed by atoms with Gasteiger partial charge in [0.15, 0.2) is 11.5 Å². The van der Waals surface area contributed by atoms with Crippen LogP contribution in [0.5, 0.6) is 11.5 Å². The van der Waals surface area contributed by atoms with E-state index in [1.165, 1.54) is 25.3 Å². The summed E-state index contributed by atoms with van der Waals surface area (Å²) in [6, 6.07) is 8.09. The number of aliphatic carboxylic acids is 1. The first-order chi connectivity index (χ1) is 15.3. The topological polar surface area (TPSA) is 84.9 Å². The molecule has 3 rings (SSSR count). The van der Waals surface area contributed by atoms with Crippen molar-refractivity contribution in [1.29, 1.82) is 0 Å². The van der Waals surface area contributed by atoms with Gasteiger partial charge in [0.1, 0.15) is 23.8 Å². The van der Waals surface area contributed by atoms with Gasteiger partial charge < -0.3 is 19.9 Å². The summed E-state index contributed by atoms with van der Waals surface area (Å²) in [6.45, 7) is -0.0557. The number of hydrogen-bond donors (Lipinski definition) is 2. The molecule has 8 heteroatoms. The molecule has 0 bridgehead atoms. The van der Waals surface area contributed by atoms with E-state index in [0.717, 1.165) is 25.3 Å². The molecule has 1 aliphatic rings. The van der Waals surface area contributed by atoms with E-state index in [2.05, 4.69) is 5.32 Å². The van der Waals surface area contributed by atoms with E-state index in [1.54, 1.807) is 24.3 Å². The lowest BCUT2D eigenvalue weighted by molar-refractivity contribution is -0.148. The molecule has 1 amide bonds. The third-order valence-electron chi connectivity index (χ3n) is 5.41. The first kappa shape index (κ1) is 23.2. The summed E-state index contributed by atoms with van der Waals surface area (Å²) >= 11 is 0. The van der Waals surface area contributed by atoms with E-state index >= 15 is 0 Å². The Morgan fingerprint density at radius 3 is 2.38 bits per heavy atom. The highest BCUT2D eigenvalue weighted by atomic mass is 19.1. The Hall–Kier alpha value is -3.42. The molecule has 1 fully saturated rings. The average molecular weight is 445 g/mol. The monoisotopic (exact) mass is 445 g/mol. The molecule has 0 radical (unpaired) electrons. The van der Waals surface area contributed by atoms with Crippen molar-refractivity contribution in [3.63, 3.8) is 0 Å². The lowest BCUT2D eigenvalue weighted by Gasteiger charge is -2.33. The lowest BCUT2D eigenvalue weighted by atomic mass is 9.81. The van der Waals surface area contributed by atoms with Gasteiger partial charge >= 0.3 is 5.97 Å². The molecule has 1 saturated carbocycles. The number of amides is 1. The molecule has 2 N–H and O–H groups in total. The molecule has 170 valence electrons. The van der Waals surface area contributed by atoms with Crippen LogP contribution in [-0.4, -0.2) is 29.6 Å². The second-order valence-corrected chi connectivity index (χ2v) is 7.75. The van der Waals surface area contributed by atoms with Gasteiger partial charge in [-0.25, -0.2) is 13.6 Å². The molecule has 1 aliphatic carbocycles. The molecular formula is C24H25F2NO5. The molecule has 0 heterocycles. The van der Waals surface area contributed by atoms with E-state index in [4.69, 9.17) is 9.47 Å². The first-order valence-electron chi connectivity index (χ1n) is 10.3. The van der Waals surface area contributed by atoms with Gasteiger partial charge in [-0.15, -0.1) is 0 Å². The fourth-order valence-corrected chi connectivity index (χ4v) is 3.76. The SMILES string of the molecule is COc1cc(/C=C/C(=O)NC2(C(=O)O)CCCCC2)ccc1OCc1cc(F)cc(F)c1. The fourth-order valence-electron chi connectivity index (χ4n) is 3.76. The van der Waals surface area contributed by atoms with Crippen molar-refractivity contribution in [2.24, 2.45) is 0 Å². The summed E-state index contributed by atoms with van der Waals surface area (Å²) in [5.41, 5.74) is -0.250. The number of ether oxygens (including phenoxy) is 2. The Balaban J connectivity index is 1.66. The minimum absolute atomic E-state index is 0.0557. The number of hydrogen-bond acceptors (Lipinski definition) is 4. The minimum atomic E-state index is -1.22. The molecule has 0 saturated heterocycles. The number of carboxylic acids is 1. The van der Waals surface area contributed by atoms with Gasteiger partial charge in [-0.1, -0.05) is 25.3 Å². The second-order valence-electron chi connectivity index (χ2n) is 7.75. The van der Waals surface area contributed by atoms with Crippen LogP contribution >= 0.6 is 0 Å². The molecule has 0 unspecified atom stereocenters. The second kappa shape index (κ2) is 10.3. The highest BCUT2D eigenvalue weighted by molar-refractivity contribution is 5.95. The minimum Gasteiger partial charge on any atom is -0.493 e. The van der Waals surface area contributed by atoms with Crippen LogP contribution in [-0.2, 0) is 16.2 Å². The Labute approximate surface area is 184 Å². The number of methoxy groups -OCH3 is 1. The van der Waals surface area contributed by atoms with Crippen LogP contribution in [0.3, 0.4) is 0 Å². The summed E-state index contributed by atoms with van der Waals surface area (Å²) in [6.07, 6.45) is 6.14. The Morgan fingerprint density at radius 1 is 1.06 bits per heavy atom. The maximum absolute atomic E-state index is 13.3. The molecule has 32 heavy (non-hydrogen) atoms. The number of halogens is 2. The molecule has 0 atom stereocenters. The zero-order valence-electron chi connectivity index (χ0n) is 17.7. The summed E-state index contributed by atoms with van der Waals surface area (Å²) in [7, 11) is 1.45. The summed E-state index contributed by atoms with van der Waals surface area (Å²) in [5, 5.41) is 12.2.